The third kappa shape index (κ3) is 6.00. The van der Waals surface area contributed by atoms with Crippen molar-refractivity contribution < 1.29 is 23.5 Å². The second-order valence-electron chi connectivity index (χ2n) is 9.91. The number of carbonyl (C=O) groups is 2. The van der Waals surface area contributed by atoms with Gasteiger partial charge in [-0.15, -0.1) is 0 Å². The molecule has 1 saturated carbocycles. The fourth-order valence-electron chi connectivity index (χ4n) is 5.22. The van der Waals surface area contributed by atoms with E-state index in [-0.39, 0.29) is 30.9 Å². The van der Waals surface area contributed by atoms with E-state index >= 15 is 0 Å². The van der Waals surface area contributed by atoms with Gasteiger partial charge >= 0.3 is 0 Å². The van der Waals surface area contributed by atoms with Gasteiger partial charge in [-0.25, -0.2) is 14.4 Å². The Kier molecular flexibility index (Phi) is 8.02. The molecule has 5 rings (SSSR count). The number of nitrogens with one attached hydrogen (secondary N) is 1. The lowest BCUT2D eigenvalue weighted by molar-refractivity contribution is -0.146. The molecule has 1 N–H and O–H groups in total. The minimum absolute atomic E-state index is 0.0195. The van der Waals surface area contributed by atoms with Crippen molar-refractivity contribution in [3.63, 3.8) is 0 Å². The Morgan fingerprint density at radius 1 is 1.00 bits per heavy atom. The minimum atomic E-state index is -1.14. The van der Waals surface area contributed by atoms with Crippen molar-refractivity contribution in [2.24, 2.45) is 0 Å². The summed E-state index contributed by atoms with van der Waals surface area (Å²) in [4.78, 5) is 38.4. The van der Waals surface area contributed by atoms with Crippen LogP contribution in [0, 0.1) is 19.7 Å². The first-order chi connectivity index (χ1) is 18.8. The normalized spacial score (nSPS) is 15.6. The molecule has 0 bridgehead atoms. The number of nitrogens with zero attached hydrogens (tertiary/aromatic N) is 3. The van der Waals surface area contributed by atoms with Crippen molar-refractivity contribution in [1.82, 2.24) is 14.9 Å². The van der Waals surface area contributed by atoms with E-state index in [1.807, 2.05) is 19.9 Å². The van der Waals surface area contributed by atoms with E-state index in [1.165, 1.54) is 17.8 Å². The van der Waals surface area contributed by atoms with Gasteiger partial charge in [-0.1, -0.05) is 49.2 Å². The number of halogens is 1. The maximum Gasteiger partial charge on any atom is 0.250 e. The molecule has 2 aromatic carbocycles. The molecule has 1 aliphatic carbocycles. The highest BCUT2D eigenvalue weighted by Gasteiger charge is 2.47. The number of hydrogen-bond acceptors (Lipinski definition) is 7. The topological polar surface area (TPSA) is 93.7 Å². The lowest BCUT2D eigenvalue weighted by Gasteiger charge is -2.45. The first-order valence-corrected chi connectivity index (χ1v) is 14.0. The molecule has 2 amide bonds. The van der Waals surface area contributed by atoms with Crippen LogP contribution in [0.2, 0.25) is 0 Å². The molecular formula is C29H31FN4O4S. The van der Waals surface area contributed by atoms with E-state index in [0.29, 0.717) is 40.7 Å². The number of thioether (sulfide) groups is 1. The first-order valence-electron chi connectivity index (χ1n) is 13.0. The van der Waals surface area contributed by atoms with E-state index < -0.39 is 11.4 Å². The van der Waals surface area contributed by atoms with Crippen LogP contribution in [-0.2, 0) is 16.1 Å². The number of hydrogen-bond donors (Lipinski definition) is 1. The predicted octanol–water partition coefficient (Wildman–Crippen LogP) is 5.42. The van der Waals surface area contributed by atoms with Crippen LogP contribution < -0.4 is 14.8 Å². The number of amides is 2. The smallest absolute Gasteiger partial charge is 0.250 e. The fraction of sp³-hybridized carbons (Fsp3) is 0.379. The quantitative estimate of drug-likeness (QED) is 0.296. The summed E-state index contributed by atoms with van der Waals surface area (Å²) in [5, 5.41) is 3.51. The van der Waals surface area contributed by atoms with Gasteiger partial charge in [0.1, 0.15) is 11.4 Å². The summed E-state index contributed by atoms with van der Waals surface area (Å²) in [5.74, 6) is 0.211. The number of rotatable bonds is 8. The molecule has 0 atom stereocenters. The molecule has 1 aliphatic heterocycles. The Balaban J connectivity index is 1.46. The Hall–Kier alpha value is -3.66. The average Bonchev–Trinajstić information content (AvgIpc) is 3.39. The third-order valence-electron chi connectivity index (χ3n) is 7.12. The average molecular weight is 551 g/mol. The summed E-state index contributed by atoms with van der Waals surface area (Å²) < 4.78 is 25.7. The summed E-state index contributed by atoms with van der Waals surface area (Å²) in [6.07, 6.45) is 3.49. The van der Waals surface area contributed by atoms with Crippen molar-refractivity contribution in [2.75, 3.05) is 17.9 Å². The zero-order valence-corrected chi connectivity index (χ0v) is 22.9. The maximum absolute atomic E-state index is 14.8. The number of carbonyl (C=O) groups excluding carboxylic acids is 2. The van der Waals surface area contributed by atoms with Gasteiger partial charge in [0.2, 0.25) is 18.6 Å². The number of benzene rings is 2. The molecule has 8 nitrogen and oxygen atoms in total. The highest BCUT2D eigenvalue weighted by atomic mass is 32.2. The molecule has 204 valence electrons. The molecule has 39 heavy (non-hydrogen) atoms. The van der Waals surface area contributed by atoms with Gasteiger partial charge in [-0.05, 0) is 51.0 Å². The van der Waals surface area contributed by atoms with E-state index in [0.717, 1.165) is 30.7 Å². The highest BCUT2D eigenvalue weighted by molar-refractivity contribution is 7.99. The lowest BCUT2D eigenvalue weighted by atomic mass is 9.79. The Bertz CT molecular complexity index is 1360. The van der Waals surface area contributed by atoms with E-state index in [2.05, 4.69) is 15.3 Å². The zero-order valence-electron chi connectivity index (χ0n) is 22.0. The summed E-state index contributed by atoms with van der Waals surface area (Å²) in [6, 6.07) is 13.5. The van der Waals surface area contributed by atoms with Crippen LogP contribution >= 0.6 is 11.8 Å². The number of fused-ring (bicyclic) bond motifs is 1. The van der Waals surface area contributed by atoms with Crippen molar-refractivity contribution in [3.8, 4) is 11.5 Å². The number of aryl methyl sites for hydroxylation is 2. The van der Waals surface area contributed by atoms with Gasteiger partial charge in [0.05, 0.1) is 5.75 Å². The van der Waals surface area contributed by atoms with Gasteiger partial charge < -0.3 is 19.7 Å². The van der Waals surface area contributed by atoms with Crippen LogP contribution in [0.5, 0.6) is 11.5 Å². The fourth-order valence-corrected chi connectivity index (χ4v) is 6.04. The largest absolute Gasteiger partial charge is 0.454 e. The second-order valence-corrected chi connectivity index (χ2v) is 10.9. The van der Waals surface area contributed by atoms with Crippen LogP contribution in [0.3, 0.4) is 0 Å². The Morgan fingerprint density at radius 3 is 2.46 bits per heavy atom. The second kappa shape index (κ2) is 11.6. The Labute approximate surface area is 231 Å². The SMILES string of the molecule is Cc1cc(C)nc(SCC(=O)N(Cc2ccccc2F)C2(C(=O)Nc3ccc4c(c3)OCO4)CCCCC2)n1. The van der Waals surface area contributed by atoms with Crippen molar-refractivity contribution in [2.45, 2.75) is 63.2 Å². The molecule has 1 fully saturated rings. The maximum atomic E-state index is 14.8. The zero-order chi connectivity index (χ0) is 27.4. The number of anilines is 1. The van der Waals surface area contributed by atoms with Crippen molar-refractivity contribution in [3.05, 3.63) is 71.3 Å². The van der Waals surface area contributed by atoms with Gasteiger partial charge in [-0.3, -0.25) is 9.59 Å². The van der Waals surface area contributed by atoms with Gasteiger partial charge in [-0.2, -0.15) is 0 Å². The van der Waals surface area contributed by atoms with Crippen LogP contribution in [-0.4, -0.2) is 44.8 Å². The molecule has 2 heterocycles. The molecule has 10 heteroatoms. The summed E-state index contributed by atoms with van der Waals surface area (Å²) in [6.45, 7) is 3.86. The first kappa shape index (κ1) is 26.9. The lowest BCUT2D eigenvalue weighted by Crippen LogP contribution is -2.60. The van der Waals surface area contributed by atoms with Crippen LogP contribution in [0.4, 0.5) is 10.1 Å². The highest BCUT2D eigenvalue weighted by Crippen LogP contribution is 2.39. The predicted molar refractivity (Wildman–Crippen MR) is 146 cm³/mol. The van der Waals surface area contributed by atoms with Crippen molar-refractivity contribution >= 4 is 29.3 Å². The standard InChI is InChI=1S/C29H31FN4O4S/c1-19-14-20(2)32-28(31-19)39-17-26(35)34(16-21-8-4-5-9-23(21)30)29(12-6-3-7-13-29)27(36)33-22-10-11-24-25(15-22)38-18-37-24/h4-5,8-11,14-15H,3,6-7,12-13,16-18H2,1-2H3,(H,33,36). The number of ether oxygens (including phenoxy) is 2. The molecular weight excluding hydrogens is 519 g/mol. The minimum Gasteiger partial charge on any atom is -0.454 e. The van der Waals surface area contributed by atoms with Gasteiger partial charge in [0.15, 0.2) is 16.7 Å². The number of aromatic nitrogens is 2. The van der Waals surface area contributed by atoms with Crippen molar-refractivity contribution in [1.29, 1.82) is 0 Å². The van der Waals surface area contributed by atoms with E-state index in [1.54, 1.807) is 41.3 Å². The van der Waals surface area contributed by atoms with Gasteiger partial charge in [0, 0.05) is 35.2 Å². The molecule has 0 spiro atoms. The molecule has 0 radical (unpaired) electrons. The molecule has 0 saturated heterocycles. The van der Waals surface area contributed by atoms with Crippen LogP contribution in [0.15, 0.2) is 53.7 Å². The summed E-state index contributed by atoms with van der Waals surface area (Å²) >= 11 is 1.22. The molecule has 1 aromatic heterocycles. The molecule has 2 aliphatic rings. The molecule has 3 aromatic rings. The van der Waals surface area contributed by atoms with Crippen LogP contribution in [0.1, 0.15) is 49.1 Å². The van der Waals surface area contributed by atoms with Crippen LogP contribution in [0.25, 0.3) is 0 Å². The van der Waals surface area contributed by atoms with E-state index in [9.17, 15) is 14.0 Å². The molecule has 0 unspecified atom stereocenters. The van der Waals surface area contributed by atoms with E-state index in [4.69, 9.17) is 9.47 Å². The Morgan fingerprint density at radius 2 is 1.72 bits per heavy atom. The summed E-state index contributed by atoms with van der Waals surface area (Å²) in [5.41, 5.74) is 1.39. The van der Waals surface area contributed by atoms with Gasteiger partial charge in [0.25, 0.3) is 0 Å². The summed E-state index contributed by atoms with van der Waals surface area (Å²) in [7, 11) is 0. The monoisotopic (exact) mass is 550 g/mol. The third-order valence-corrected chi connectivity index (χ3v) is 7.96.